The van der Waals surface area contributed by atoms with Crippen molar-refractivity contribution in [3.8, 4) is 0 Å². The lowest BCUT2D eigenvalue weighted by Gasteiger charge is -2.32. The largest absolute Gasteiger partial charge is 0.299 e. The lowest BCUT2D eigenvalue weighted by atomic mass is 9.72. The molecular weight excluding hydrogens is 148 g/mol. The third-order valence-corrected chi connectivity index (χ3v) is 3.86. The number of hydrogen-bond acceptors (Lipinski definition) is 1. The monoisotopic (exact) mass is 162 g/mol. The van der Waals surface area contributed by atoms with E-state index in [1.165, 1.54) is 19.3 Å². The zero-order chi connectivity index (χ0) is 8.13. The topological polar surface area (TPSA) is 17.1 Å². The van der Waals surface area contributed by atoms with Crippen molar-refractivity contribution in [2.24, 2.45) is 17.8 Å². The van der Waals surface area contributed by atoms with E-state index in [4.69, 9.17) is 0 Å². The predicted molar refractivity (Wildman–Crippen MR) is 46.6 cm³/mol. The Bertz CT molecular complexity index is 264. The van der Waals surface area contributed by atoms with Gasteiger partial charge in [0, 0.05) is 12.3 Å². The fourth-order valence-corrected chi connectivity index (χ4v) is 3.28. The highest BCUT2D eigenvalue weighted by Crippen LogP contribution is 2.53. The van der Waals surface area contributed by atoms with Crippen LogP contribution in [0.4, 0.5) is 0 Å². The number of Topliss-reactive ketones (excluding diaryl/α,β-unsaturated/α-hetero) is 1. The lowest BCUT2D eigenvalue weighted by Crippen LogP contribution is -2.26. The maximum absolute atomic E-state index is 11.6. The third-order valence-electron chi connectivity index (χ3n) is 3.86. The molecule has 64 valence electrons. The van der Waals surface area contributed by atoms with Crippen LogP contribution in [-0.4, -0.2) is 5.78 Å². The SMILES string of the molecule is O=C1CCCC2=C[C@H]3CC[C@@H]1[C@@H]23. The van der Waals surface area contributed by atoms with Gasteiger partial charge in [-0.3, -0.25) is 4.79 Å². The Morgan fingerprint density at radius 1 is 1.25 bits per heavy atom. The molecule has 0 amide bonds. The Balaban J connectivity index is 1.97. The third kappa shape index (κ3) is 0.720. The number of carbonyl (C=O) groups excluding carboxylic acids is 1. The standard InChI is InChI=1S/C11H14O/c12-10-3-1-2-7-6-8-4-5-9(10)11(7)8/h6,8-9,11H,1-5H2/t8-,9+,11+/m1/s1. The van der Waals surface area contributed by atoms with Gasteiger partial charge in [-0.2, -0.15) is 0 Å². The number of allylic oxidation sites excluding steroid dienone is 2. The van der Waals surface area contributed by atoms with Gasteiger partial charge in [0.15, 0.2) is 0 Å². The highest BCUT2D eigenvalue weighted by Gasteiger charge is 2.46. The molecule has 12 heavy (non-hydrogen) atoms. The normalized spacial score (nSPS) is 44.5. The van der Waals surface area contributed by atoms with E-state index < -0.39 is 0 Å². The van der Waals surface area contributed by atoms with Crippen LogP contribution in [0.3, 0.4) is 0 Å². The number of rotatable bonds is 0. The van der Waals surface area contributed by atoms with Crippen molar-refractivity contribution in [1.82, 2.24) is 0 Å². The molecule has 1 nitrogen and oxygen atoms in total. The summed E-state index contributed by atoms with van der Waals surface area (Å²) in [6, 6.07) is 0. The Kier molecular flexibility index (Phi) is 1.27. The Morgan fingerprint density at radius 2 is 2.17 bits per heavy atom. The van der Waals surface area contributed by atoms with Crippen molar-refractivity contribution < 1.29 is 4.79 Å². The maximum atomic E-state index is 11.6. The zero-order valence-corrected chi connectivity index (χ0v) is 7.25. The van der Waals surface area contributed by atoms with Crippen LogP contribution in [-0.2, 0) is 4.79 Å². The summed E-state index contributed by atoms with van der Waals surface area (Å²) >= 11 is 0. The molecule has 1 heteroatoms. The molecular formula is C11H14O. The summed E-state index contributed by atoms with van der Waals surface area (Å²) in [5.74, 6) is 2.51. The first kappa shape index (κ1) is 6.88. The van der Waals surface area contributed by atoms with Crippen molar-refractivity contribution >= 4 is 5.78 Å². The van der Waals surface area contributed by atoms with Crippen molar-refractivity contribution in [3.05, 3.63) is 11.6 Å². The molecule has 3 aliphatic carbocycles. The molecule has 2 fully saturated rings. The van der Waals surface area contributed by atoms with Gasteiger partial charge < -0.3 is 0 Å². The summed E-state index contributed by atoms with van der Waals surface area (Å²) in [4.78, 5) is 11.6. The summed E-state index contributed by atoms with van der Waals surface area (Å²) in [6.45, 7) is 0. The van der Waals surface area contributed by atoms with Gasteiger partial charge in [0.2, 0.25) is 0 Å². The summed E-state index contributed by atoms with van der Waals surface area (Å²) in [6.07, 6.45) is 8.07. The van der Waals surface area contributed by atoms with E-state index in [-0.39, 0.29) is 0 Å². The van der Waals surface area contributed by atoms with Gasteiger partial charge in [-0.05, 0) is 37.5 Å². The van der Waals surface area contributed by atoms with E-state index in [2.05, 4.69) is 6.08 Å². The number of ketones is 1. The summed E-state index contributed by atoms with van der Waals surface area (Å²) in [5, 5.41) is 0. The quantitative estimate of drug-likeness (QED) is 0.499. The van der Waals surface area contributed by atoms with Crippen molar-refractivity contribution in [2.45, 2.75) is 32.1 Å². The second kappa shape index (κ2) is 2.21. The summed E-state index contributed by atoms with van der Waals surface area (Å²) < 4.78 is 0. The van der Waals surface area contributed by atoms with Crippen molar-refractivity contribution in [2.75, 3.05) is 0 Å². The van der Waals surface area contributed by atoms with Gasteiger partial charge in [-0.25, -0.2) is 0 Å². The zero-order valence-electron chi connectivity index (χ0n) is 7.25. The molecule has 0 aromatic carbocycles. The highest BCUT2D eigenvalue weighted by molar-refractivity contribution is 5.83. The molecule has 0 aliphatic heterocycles. The molecule has 3 aliphatic rings. The molecule has 0 saturated heterocycles. The molecule has 0 unspecified atom stereocenters. The highest BCUT2D eigenvalue weighted by atomic mass is 16.1. The van der Waals surface area contributed by atoms with E-state index in [1.807, 2.05) is 0 Å². The minimum atomic E-state index is 0.442. The Morgan fingerprint density at radius 3 is 3.08 bits per heavy atom. The van der Waals surface area contributed by atoms with Gasteiger partial charge in [0.1, 0.15) is 5.78 Å². The molecule has 0 bridgehead atoms. The smallest absolute Gasteiger partial charge is 0.136 e. The average Bonchev–Trinajstić information content (AvgIpc) is 2.31. The van der Waals surface area contributed by atoms with E-state index >= 15 is 0 Å². The Labute approximate surface area is 72.8 Å². The fourth-order valence-electron chi connectivity index (χ4n) is 3.28. The summed E-state index contributed by atoms with van der Waals surface area (Å²) in [5.41, 5.74) is 1.62. The van der Waals surface area contributed by atoms with Crippen LogP contribution >= 0.6 is 0 Å². The number of carbonyl (C=O) groups is 1. The van der Waals surface area contributed by atoms with E-state index in [1.54, 1.807) is 5.57 Å². The first-order valence-electron chi connectivity index (χ1n) is 5.09. The molecule has 3 atom stereocenters. The predicted octanol–water partition coefficient (Wildman–Crippen LogP) is 2.32. The molecule has 2 saturated carbocycles. The van der Waals surface area contributed by atoms with Crippen LogP contribution in [0.5, 0.6) is 0 Å². The first-order valence-corrected chi connectivity index (χ1v) is 5.09. The molecule has 3 rings (SSSR count). The van der Waals surface area contributed by atoms with Gasteiger partial charge in [-0.1, -0.05) is 11.6 Å². The van der Waals surface area contributed by atoms with Gasteiger partial charge in [-0.15, -0.1) is 0 Å². The van der Waals surface area contributed by atoms with Crippen LogP contribution in [0.25, 0.3) is 0 Å². The molecule has 0 radical (unpaired) electrons. The minimum absolute atomic E-state index is 0.442. The molecule has 0 aromatic heterocycles. The molecule has 0 aromatic rings. The average molecular weight is 162 g/mol. The van der Waals surface area contributed by atoms with E-state index in [0.29, 0.717) is 17.6 Å². The van der Waals surface area contributed by atoms with Gasteiger partial charge in [0.05, 0.1) is 0 Å². The van der Waals surface area contributed by atoms with Crippen LogP contribution < -0.4 is 0 Å². The van der Waals surface area contributed by atoms with Crippen LogP contribution in [0.1, 0.15) is 32.1 Å². The van der Waals surface area contributed by atoms with Gasteiger partial charge >= 0.3 is 0 Å². The molecule has 0 spiro atoms. The van der Waals surface area contributed by atoms with Gasteiger partial charge in [0.25, 0.3) is 0 Å². The second-order valence-corrected chi connectivity index (χ2v) is 4.43. The number of hydrogen-bond donors (Lipinski definition) is 0. The first-order chi connectivity index (χ1) is 5.86. The lowest BCUT2D eigenvalue weighted by molar-refractivity contribution is -0.123. The molecule has 0 N–H and O–H groups in total. The second-order valence-electron chi connectivity index (χ2n) is 4.43. The Hall–Kier alpha value is -0.590. The van der Waals surface area contributed by atoms with Crippen molar-refractivity contribution in [3.63, 3.8) is 0 Å². The van der Waals surface area contributed by atoms with Crippen LogP contribution in [0.15, 0.2) is 11.6 Å². The summed E-state index contributed by atoms with van der Waals surface area (Å²) in [7, 11) is 0. The van der Waals surface area contributed by atoms with E-state index in [9.17, 15) is 4.79 Å². The maximum Gasteiger partial charge on any atom is 0.136 e. The van der Waals surface area contributed by atoms with Crippen LogP contribution in [0, 0.1) is 17.8 Å². The van der Waals surface area contributed by atoms with E-state index in [0.717, 1.165) is 18.8 Å². The molecule has 0 heterocycles. The van der Waals surface area contributed by atoms with Crippen LogP contribution in [0.2, 0.25) is 0 Å². The van der Waals surface area contributed by atoms with Crippen molar-refractivity contribution in [1.29, 1.82) is 0 Å². The minimum Gasteiger partial charge on any atom is -0.299 e. The fraction of sp³-hybridized carbons (Fsp3) is 0.727.